The van der Waals surface area contributed by atoms with E-state index in [-0.39, 0.29) is 49.0 Å². The van der Waals surface area contributed by atoms with Crippen LogP contribution in [0.1, 0.15) is 23.7 Å². The van der Waals surface area contributed by atoms with Crippen molar-refractivity contribution < 1.29 is 37.0 Å². The minimum Gasteiger partial charge on any atom is -0.459 e. The molecule has 27 heavy (non-hydrogen) atoms. The van der Waals surface area contributed by atoms with Crippen LogP contribution >= 0.6 is 0 Å². The number of carbonyl (C=O) groups is 3. The Hall–Kier alpha value is -2.72. The first-order valence-corrected chi connectivity index (χ1v) is 9.40. The van der Waals surface area contributed by atoms with Gasteiger partial charge in [-0.05, 0) is 31.2 Å². The van der Waals surface area contributed by atoms with Gasteiger partial charge in [-0.15, -0.1) is 0 Å². The zero-order valence-electron chi connectivity index (χ0n) is 14.7. The van der Waals surface area contributed by atoms with Crippen molar-refractivity contribution in [1.82, 2.24) is 4.31 Å². The Morgan fingerprint density at radius 1 is 1.19 bits per heavy atom. The Morgan fingerprint density at radius 3 is 2.41 bits per heavy atom. The molecular weight excluding hydrogens is 378 g/mol. The molecule has 0 bridgehead atoms. The van der Waals surface area contributed by atoms with Gasteiger partial charge in [-0.25, -0.2) is 22.3 Å². The zero-order valence-corrected chi connectivity index (χ0v) is 15.5. The summed E-state index contributed by atoms with van der Waals surface area (Å²) in [5.41, 5.74) is 0.345. The van der Waals surface area contributed by atoms with Gasteiger partial charge in [0.15, 0.2) is 0 Å². The van der Waals surface area contributed by atoms with Crippen LogP contribution in [0.15, 0.2) is 41.3 Å². The van der Waals surface area contributed by atoms with Gasteiger partial charge in [0.1, 0.15) is 19.9 Å². The van der Waals surface area contributed by atoms with E-state index in [9.17, 15) is 22.8 Å². The number of ether oxygens (including phenoxy) is 3. The lowest BCUT2D eigenvalue weighted by molar-refractivity contribution is -0.140. The van der Waals surface area contributed by atoms with E-state index in [1.807, 2.05) is 0 Å². The summed E-state index contributed by atoms with van der Waals surface area (Å²) in [6.45, 7) is 4.47. The van der Waals surface area contributed by atoms with Gasteiger partial charge < -0.3 is 14.2 Å². The third kappa shape index (κ3) is 5.14. The summed E-state index contributed by atoms with van der Waals surface area (Å²) in [5, 5.41) is 0. The molecule has 1 aromatic rings. The van der Waals surface area contributed by atoms with Crippen molar-refractivity contribution in [3.05, 3.63) is 42.0 Å². The molecule has 1 fully saturated rings. The van der Waals surface area contributed by atoms with Crippen LogP contribution in [0.2, 0.25) is 0 Å². The first-order chi connectivity index (χ1) is 12.7. The van der Waals surface area contributed by atoms with E-state index in [0.29, 0.717) is 4.31 Å². The predicted molar refractivity (Wildman–Crippen MR) is 92.0 cm³/mol. The third-order valence-electron chi connectivity index (χ3n) is 3.52. The third-order valence-corrected chi connectivity index (χ3v) is 5.28. The number of carbonyl (C=O) groups excluding carboxylic acids is 3. The lowest BCUT2D eigenvalue weighted by Gasteiger charge is -2.26. The van der Waals surface area contributed by atoms with Gasteiger partial charge in [-0.1, -0.05) is 6.58 Å². The highest BCUT2D eigenvalue weighted by Crippen LogP contribution is 2.19. The van der Waals surface area contributed by atoms with Crippen LogP contribution in [0.25, 0.3) is 0 Å². The molecule has 0 N–H and O–H groups in total. The SMILES string of the molecule is C=C(C)C(=O)OCCOC(=O)c1ccc(S(=O)(=O)N2COCCC2=O)cc1. The van der Waals surface area contributed by atoms with Crippen LogP contribution in [-0.2, 0) is 33.8 Å². The van der Waals surface area contributed by atoms with E-state index in [1.54, 1.807) is 0 Å². The van der Waals surface area contributed by atoms with Crippen molar-refractivity contribution in [2.24, 2.45) is 0 Å². The van der Waals surface area contributed by atoms with Gasteiger partial charge in [0.2, 0.25) is 5.91 Å². The molecule has 2 rings (SSSR count). The zero-order chi connectivity index (χ0) is 20.0. The van der Waals surface area contributed by atoms with Crippen LogP contribution in [0.3, 0.4) is 0 Å². The number of hydrogen-bond acceptors (Lipinski definition) is 8. The minimum atomic E-state index is -4.05. The van der Waals surface area contributed by atoms with Crippen molar-refractivity contribution in [3.63, 3.8) is 0 Å². The molecule has 1 heterocycles. The van der Waals surface area contributed by atoms with E-state index in [2.05, 4.69) is 6.58 Å². The summed E-state index contributed by atoms with van der Waals surface area (Å²) in [6, 6.07) is 4.94. The average molecular weight is 397 g/mol. The van der Waals surface area contributed by atoms with E-state index < -0.39 is 27.9 Å². The number of nitrogens with zero attached hydrogens (tertiary/aromatic N) is 1. The van der Waals surface area contributed by atoms with Crippen molar-refractivity contribution >= 4 is 27.9 Å². The highest BCUT2D eigenvalue weighted by atomic mass is 32.2. The molecule has 0 aliphatic carbocycles. The van der Waals surface area contributed by atoms with E-state index in [1.165, 1.54) is 31.2 Å². The van der Waals surface area contributed by atoms with Crippen LogP contribution in [0.4, 0.5) is 0 Å². The van der Waals surface area contributed by atoms with Crippen LogP contribution in [0, 0.1) is 0 Å². The fraction of sp³-hybridized carbons (Fsp3) is 0.353. The average Bonchev–Trinajstić information content (AvgIpc) is 2.65. The molecule has 0 spiro atoms. The molecule has 0 saturated carbocycles. The number of hydrogen-bond donors (Lipinski definition) is 0. The highest BCUT2D eigenvalue weighted by molar-refractivity contribution is 7.89. The van der Waals surface area contributed by atoms with Crippen molar-refractivity contribution in [1.29, 1.82) is 0 Å². The summed E-state index contributed by atoms with van der Waals surface area (Å²) in [4.78, 5) is 34.7. The maximum Gasteiger partial charge on any atom is 0.338 e. The smallest absolute Gasteiger partial charge is 0.338 e. The second-order valence-electron chi connectivity index (χ2n) is 5.61. The van der Waals surface area contributed by atoms with Crippen molar-refractivity contribution in [3.8, 4) is 0 Å². The number of esters is 2. The van der Waals surface area contributed by atoms with Crippen LogP contribution in [0.5, 0.6) is 0 Å². The molecule has 9 nitrogen and oxygen atoms in total. The van der Waals surface area contributed by atoms with Crippen molar-refractivity contribution in [2.75, 3.05) is 26.6 Å². The summed E-state index contributed by atoms with van der Waals surface area (Å²) < 4.78 is 40.3. The quantitative estimate of drug-likeness (QED) is 0.378. The molecule has 1 aliphatic rings. The Labute approximate surface area is 156 Å². The Bertz CT molecular complexity index is 844. The molecule has 10 heteroatoms. The molecule has 1 amide bonds. The van der Waals surface area contributed by atoms with E-state index in [0.717, 1.165) is 0 Å². The topological polar surface area (TPSA) is 116 Å². The molecule has 0 unspecified atom stereocenters. The second-order valence-corrected chi connectivity index (χ2v) is 7.47. The van der Waals surface area contributed by atoms with E-state index in [4.69, 9.17) is 14.2 Å². The Balaban J connectivity index is 1.96. The number of benzene rings is 1. The Morgan fingerprint density at radius 2 is 1.81 bits per heavy atom. The maximum absolute atomic E-state index is 12.5. The molecule has 0 radical (unpaired) electrons. The lowest BCUT2D eigenvalue weighted by Crippen LogP contribution is -2.42. The highest BCUT2D eigenvalue weighted by Gasteiger charge is 2.31. The Kier molecular flexibility index (Phi) is 6.70. The van der Waals surface area contributed by atoms with Gasteiger partial charge >= 0.3 is 11.9 Å². The van der Waals surface area contributed by atoms with Gasteiger partial charge in [-0.3, -0.25) is 4.79 Å². The van der Waals surface area contributed by atoms with Gasteiger partial charge in [-0.2, -0.15) is 0 Å². The first kappa shape index (κ1) is 20.6. The van der Waals surface area contributed by atoms with Gasteiger partial charge in [0.05, 0.1) is 23.5 Å². The van der Waals surface area contributed by atoms with Crippen LogP contribution in [-0.4, -0.2) is 57.1 Å². The fourth-order valence-corrected chi connectivity index (χ4v) is 3.38. The van der Waals surface area contributed by atoms with Crippen molar-refractivity contribution in [2.45, 2.75) is 18.2 Å². The van der Waals surface area contributed by atoms with E-state index >= 15 is 0 Å². The number of rotatable bonds is 7. The molecule has 1 aliphatic heterocycles. The number of amides is 1. The van der Waals surface area contributed by atoms with Crippen LogP contribution < -0.4 is 0 Å². The monoisotopic (exact) mass is 397 g/mol. The largest absolute Gasteiger partial charge is 0.459 e. The summed E-state index contributed by atoms with van der Waals surface area (Å²) in [5.74, 6) is -1.84. The van der Waals surface area contributed by atoms with Gasteiger partial charge in [0.25, 0.3) is 10.0 Å². The number of sulfonamides is 1. The lowest BCUT2D eigenvalue weighted by atomic mass is 10.2. The summed E-state index contributed by atoms with van der Waals surface area (Å²) in [6.07, 6.45) is -0.0143. The molecule has 146 valence electrons. The molecule has 0 aromatic heterocycles. The molecule has 1 saturated heterocycles. The maximum atomic E-state index is 12.5. The normalized spacial score (nSPS) is 14.6. The van der Waals surface area contributed by atoms with Gasteiger partial charge in [0, 0.05) is 5.57 Å². The first-order valence-electron chi connectivity index (χ1n) is 7.96. The fourth-order valence-electron chi connectivity index (χ4n) is 2.07. The minimum absolute atomic E-state index is 0.0143. The predicted octanol–water partition coefficient (Wildman–Crippen LogP) is 0.858. The summed E-state index contributed by atoms with van der Waals surface area (Å²) >= 11 is 0. The molecule has 1 aromatic carbocycles. The second kappa shape index (κ2) is 8.78. The molecule has 0 atom stereocenters. The standard InChI is InChI=1S/C17H19NO8S/c1-12(2)16(20)25-9-10-26-17(21)13-3-5-14(6-4-13)27(22,23)18-11-24-8-7-15(18)19/h3-6H,1,7-11H2,2H3. The summed E-state index contributed by atoms with van der Waals surface area (Å²) in [7, 11) is -4.05. The molecular formula is C17H19NO8S.